The molecule has 1 aromatic rings. The Morgan fingerprint density at radius 1 is 1.45 bits per heavy atom. The molecule has 11 heavy (non-hydrogen) atoms. The van der Waals surface area contributed by atoms with Gasteiger partial charge < -0.3 is 4.52 Å². The summed E-state index contributed by atoms with van der Waals surface area (Å²) in [5.74, 6) is 1.78. The highest BCUT2D eigenvalue weighted by molar-refractivity contribution is 4.90. The SMILES string of the molecule is CC(C)C.CCc1ccno1. The molecule has 0 aliphatic heterocycles. The van der Waals surface area contributed by atoms with Gasteiger partial charge in [0.05, 0.1) is 6.20 Å². The lowest BCUT2D eigenvalue weighted by atomic mass is 10.3. The third-order valence-corrected chi connectivity index (χ3v) is 0.840. The van der Waals surface area contributed by atoms with Gasteiger partial charge in [-0.25, -0.2) is 0 Å². The summed E-state index contributed by atoms with van der Waals surface area (Å²) in [5.41, 5.74) is 0. The number of hydrogen-bond donors (Lipinski definition) is 0. The van der Waals surface area contributed by atoms with Gasteiger partial charge >= 0.3 is 0 Å². The second-order valence-electron chi connectivity index (χ2n) is 3.06. The van der Waals surface area contributed by atoms with Crippen LogP contribution in [-0.2, 0) is 6.42 Å². The Bertz CT molecular complexity index is 153. The van der Waals surface area contributed by atoms with Gasteiger partial charge in [0.1, 0.15) is 5.76 Å². The van der Waals surface area contributed by atoms with E-state index in [9.17, 15) is 0 Å². The number of rotatable bonds is 1. The van der Waals surface area contributed by atoms with Crippen molar-refractivity contribution in [1.82, 2.24) is 5.16 Å². The summed E-state index contributed by atoms with van der Waals surface area (Å²) in [6, 6.07) is 1.86. The second-order valence-corrected chi connectivity index (χ2v) is 3.06. The average Bonchev–Trinajstić information content (AvgIpc) is 2.36. The number of nitrogens with zero attached hydrogens (tertiary/aromatic N) is 1. The predicted octanol–water partition coefficient (Wildman–Crippen LogP) is 2.90. The molecule has 0 saturated heterocycles. The number of aryl methyl sites for hydroxylation is 1. The summed E-state index contributed by atoms with van der Waals surface area (Å²) in [6.45, 7) is 8.53. The first-order valence-corrected chi connectivity index (χ1v) is 4.06. The highest BCUT2D eigenvalue weighted by atomic mass is 16.5. The van der Waals surface area contributed by atoms with Crippen molar-refractivity contribution in [2.75, 3.05) is 0 Å². The summed E-state index contributed by atoms with van der Waals surface area (Å²) < 4.78 is 4.73. The summed E-state index contributed by atoms with van der Waals surface area (Å²) in [5, 5.41) is 3.52. The number of aromatic nitrogens is 1. The molecule has 0 atom stereocenters. The molecule has 1 aromatic heterocycles. The van der Waals surface area contributed by atoms with Crippen LogP contribution >= 0.6 is 0 Å². The molecule has 0 aromatic carbocycles. The molecule has 0 bridgehead atoms. The molecule has 0 spiro atoms. The van der Waals surface area contributed by atoms with E-state index in [1.54, 1.807) is 6.20 Å². The van der Waals surface area contributed by atoms with Crippen LogP contribution in [0.25, 0.3) is 0 Å². The molecular weight excluding hydrogens is 138 g/mol. The second kappa shape index (κ2) is 5.96. The summed E-state index contributed by atoms with van der Waals surface area (Å²) in [4.78, 5) is 0. The highest BCUT2D eigenvalue weighted by Crippen LogP contribution is 1.94. The van der Waals surface area contributed by atoms with E-state index in [0.29, 0.717) is 0 Å². The Morgan fingerprint density at radius 2 is 2.00 bits per heavy atom. The maximum absolute atomic E-state index is 4.73. The maximum Gasteiger partial charge on any atom is 0.136 e. The largest absolute Gasteiger partial charge is 0.361 e. The summed E-state index contributed by atoms with van der Waals surface area (Å²) in [7, 11) is 0. The smallest absolute Gasteiger partial charge is 0.136 e. The Hall–Kier alpha value is -0.790. The molecule has 1 rings (SSSR count). The third kappa shape index (κ3) is 7.10. The van der Waals surface area contributed by atoms with Gasteiger partial charge in [-0.2, -0.15) is 0 Å². The minimum atomic E-state index is 0.833. The molecular formula is C9H17NO. The van der Waals surface area contributed by atoms with Crippen molar-refractivity contribution in [3.8, 4) is 0 Å². The molecule has 0 N–H and O–H groups in total. The van der Waals surface area contributed by atoms with Crippen molar-refractivity contribution >= 4 is 0 Å². The summed E-state index contributed by atoms with van der Waals surface area (Å²) >= 11 is 0. The first-order valence-electron chi connectivity index (χ1n) is 4.06. The average molecular weight is 155 g/mol. The predicted molar refractivity (Wildman–Crippen MR) is 46.4 cm³/mol. The van der Waals surface area contributed by atoms with Gasteiger partial charge in [-0.3, -0.25) is 0 Å². The highest BCUT2D eigenvalue weighted by Gasteiger charge is 1.86. The van der Waals surface area contributed by atoms with Crippen LogP contribution in [0.2, 0.25) is 0 Å². The van der Waals surface area contributed by atoms with Crippen molar-refractivity contribution in [3.05, 3.63) is 18.0 Å². The fraction of sp³-hybridized carbons (Fsp3) is 0.667. The van der Waals surface area contributed by atoms with E-state index in [-0.39, 0.29) is 0 Å². The van der Waals surface area contributed by atoms with Crippen molar-refractivity contribution in [1.29, 1.82) is 0 Å². The lowest BCUT2D eigenvalue weighted by molar-refractivity contribution is 0.387. The van der Waals surface area contributed by atoms with Gasteiger partial charge in [0.2, 0.25) is 0 Å². The Kier molecular flexibility index (Phi) is 5.53. The van der Waals surface area contributed by atoms with Gasteiger partial charge in [-0.1, -0.05) is 32.9 Å². The molecule has 0 radical (unpaired) electrons. The van der Waals surface area contributed by atoms with Crippen LogP contribution in [0, 0.1) is 5.92 Å². The van der Waals surface area contributed by atoms with Crippen molar-refractivity contribution in [2.24, 2.45) is 5.92 Å². The van der Waals surface area contributed by atoms with Crippen molar-refractivity contribution in [2.45, 2.75) is 34.1 Å². The zero-order chi connectivity index (χ0) is 8.69. The minimum absolute atomic E-state index is 0.833. The lowest BCUT2D eigenvalue weighted by Gasteiger charge is -1.79. The van der Waals surface area contributed by atoms with Crippen LogP contribution < -0.4 is 0 Å². The van der Waals surface area contributed by atoms with E-state index in [0.717, 1.165) is 18.1 Å². The van der Waals surface area contributed by atoms with E-state index in [4.69, 9.17) is 4.52 Å². The fourth-order valence-corrected chi connectivity index (χ4v) is 0.425. The molecule has 2 nitrogen and oxygen atoms in total. The maximum atomic E-state index is 4.73. The van der Waals surface area contributed by atoms with Crippen LogP contribution in [-0.4, -0.2) is 5.16 Å². The van der Waals surface area contributed by atoms with Gasteiger partial charge in [0, 0.05) is 12.5 Å². The molecule has 0 fully saturated rings. The van der Waals surface area contributed by atoms with Crippen LogP contribution in [0.4, 0.5) is 0 Å². The van der Waals surface area contributed by atoms with Crippen LogP contribution in [0.1, 0.15) is 33.5 Å². The van der Waals surface area contributed by atoms with E-state index < -0.39 is 0 Å². The van der Waals surface area contributed by atoms with Crippen LogP contribution in [0.5, 0.6) is 0 Å². The van der Waals surface area contributed by atoms with E-state index in [1.165, 1.54) is 0 Å². The van der Waals surface area contributed by atoms with Gasteiger partial charge in [-0.15, -0.1) is 0 Å². The van der Waals surface area contributed by atoms with E-state index in [1.807, 2.05) is 13.0 Å². The van der Waals surface area contributed by atoms with Crippen molar-refractivity contribution in [3.63, 3.8) is 0 Å². The van der Waals surface area contributed by atoms with Crippen molar-refractivity contribution < 1.29 is 4.52 Å². The molecule has 0 aliphatic carbocycles. The standard InChI is InChI=1S/C5H7NO.C4H10/c1-2-5-3-4-6-7-5;1-4(2)3/h3-4H,2H2,1H3;4H,1-3H3. The zero-order valence-electron chi connectivity index (χ0n) is 7.79. The molecule has 64 valence electrons. The molecule has 2 heteroatoms. The normalized spacial score (nSPS) is 9.18. The van der Waals surface area contributed by atoms with Gasteiger partial charge in [0.25, 0.3) is 0 Å². The quantitative estimate of drug-likeness (QED) is 0.623. The Labute approximate surface area is 68.6 Å². The molecule has 0 amide bonds. The van der Waals surface area contributed by atoms with Crippen LogP contribution in [0.15, 0.2) is 16.8 Å². The fourth-order valence-electron chi connectivity index (χ4n) is 0.425. The Morgan fingerprint density at radius 3 is 2.18 bits per heavy atom. The topological polar surface area (TPSA) is 26.0 Å². The van der Waals surface area contributed by atoms with E-state index in [2.05, 4.69) is 25.9 Å². The minimum Gasteiger partial charge on any atom is -0.361 e. The lowest BCUT2D eigenvalue weighted by Crippen LogP contribution is -1.67. The zero-order valence-corrected chi connectivity index (χ0v) is 7.79. The van der Waals surface area contributed by atoms with Gasteiger partial charge in [-0.05, 0) is 5.92 Å². The first kappa shape index (κ1) is 10.2. The van der Waals surface area contributed by atoms with Crippen LogP contribution in [0.3, 0.4) is 0 Å². The molecule has 0 aliphatic rings. The molecule has 0 unspecified atom stereocenters. The number of hydrogen-bond acceptors (Lipinski definition) is 2. The monoisotopic (exact) mass is 155 g/mol. The van der Waals surface area contributed by atoms with Gasteiger partial charge in [0.15, 0.2) is 0 Å². The molecule has 0 saturated carbocycles. The molecule has 1 heterocycles. The Balaban J connectivity index is 0.000000218. The first-order chi connectivity index (χ1) is 5.16. The third-order valence-electron chi connectivity index (χ3n) is 0.840. The summed E-state index contributed by atoms with van der Waals surface area (Å²) in [6.07, 6.45) is 2.58. The van der Waals surface area contributed by atoms with E-state index >= 15 is 0 Å².